The monoisotopic (exact) mass is 309 g/mol. The first kappa shape index (κ1) is 12.5. The van der Waals surface area contributed by atoms with Gasteiger partial charge in [0.2, 0.25) is 0 Å². The van der Waals surface area contributed by atoms with Gasteiger partial charge in [0.1, 0.15) is 5.75 Å². The maximum Gasteiger partial charge on any atom is 0.120 e. The SMILES string of the molecule is Brc1cc(OCC2CCC2)cc(C2CCCN2)c1. The zero-order valence-corrected chi connectivity index (χ0v) is 12.2. The quantitative estimate of drug-likeness (QED) is 0.906. The molecule has 1 unspecified atom stereocenters. The van der Waals surface area contributed by atoms with E-state index in [1.807, 2.05) is 0 Å². The summed E-state index contributed by atoms with van der Waals surface area (Å²) in [5, 5.41) is 3.54. The Kier molecular flexibility index (Phi) is 3.90. The summed E-state index contributed by atoms with van der Waals surface area (Å²) in [4.78, 5) is 0. The van der Waals surface area contributed by atoms with Gasteiger partial charge in [0.05, 0.1) is 6.61 Å². The van der Waals surface area contributed by atoms with Gasteiger partial charge in [-0.1, -0.05) is 22.4 Å². The zero-order valence-electron chi connectivity index (χ0n) is 10.6. The first-order valence-corrected chi connectivity index (χ1v) is 7.77. The number of hydrogen-bond acceptors (Lipinski definition) is 2. The maximum absolute atomic E-state index is 5.93. The van der Waals surface area contributed by atoms with Crippen LogP contribution in [0, 0.1) is 5.92 Å². The van der Waals surface area contributed by atoms with E-state index < -0.39 is 0 Å². The van der Waals surface area contributed by atoms with E-state index in [0.29, 0.717) is 6.04 Å². The Balaban J connectivity index is 1.68. The second-order valence-electron chi connectivity index (χ2n) is 5.48. The van der Waals surface area contributed by atoms with Gasteiger partial charge in [0.25, 0.3) is 0 Å². The van der Waals surface area contributed by atoms with Crippen molar-refractivity contribution in [1.82, 2.24) is 5.32 Å². The Morgan fingerprint density at radius 2 is 2.06 bits per heavy atom. The minimum Gasteiger partial charge on any atom is -0.493 e. The zero-order chi connectivity index (χ0) is 12.4. The van der Waals surface area contributed by atoms with Gasteiger partial charge in [0, 0.05) is 10.5 Å². The molecule has 2 aliphatic rings. The molecule has 0 radical (unpaired) electrons. The van der Waals surface area contributed by atoms with Crippen molar-refractivity contribution in [3.8, 4) is 5.75 Å². The molecule has 1 aliphatic heterocycles. The average Bonchev–Trinajstić information content (AvgIpc) is 2.79. The molecule has 1 aromatic rings. The van der Waals surface area contributed by atoms with Crippen LogP contribution in [-0.2, 0) is 0 Å². The molecule has 2 fully saturated rings. The second-order valence-corrected chi connectivity index (χ2v) is 6.39. The molecule has 1 N–H and O–H groups in total. The Bertz CT molecular complexity index is 411. The van der Waals surface area contributed by atoms with E-state index in [4.69, 9.17) is 4.74 Å². The predicted molar refractivity (Wildman–Crippen MR) is 77.0 cm³/mol. The molecule has 0 aromatic heterocycles. The molecule has 3 rings (SSSR count). The van der Waals surface area contributed by atoms with Crippen molar-refractivity contribution in [2.75, 3.05) is 13.2 Å². The van der Waals surface area contributed by atoms with Gasteiger partial charge < -0.3 is 10.1 Å². The van der Waals surface area contributed by atoms with E-state index in [-0.39, 0.29) is 0 Å². The fourth-order valence-electron chi connectivity index (χ4n) is 2.71. The van der Waals surface area contributed by atoms with E-state index in [2.05, 4.69) is 39.4 Å². The lowest BCUT2D eigenvalue weighted by Gasteiger charge is -2.25. The Hall–Kier alpha value is -0.540. The molecular weight excluding hydrogens is 290 g/mol. The molecule has 0 amide bonds. The number of nitrogens with one attached hydrogen (secondary N) is 1. The molecule has 18 heavy (non-hydrogen) atoms. The normalized spacial score (nSPS) is 23.9. The smallest absolute Gasteiger partial charge is 0.120 e. The van der Waals surface area contributed by atoms with Gasteiger partial charge in [-0.15, -0.1) is 0 Å². The van der Waals surface area contributed by atoms with Crippen molar-refractivity contribution in [3.63, 3.8) is 0 Å². The van der Waals surface area contributed by atoms with Crippen LogP contribution in [0.3, 0.4) is 0 Å². The minimum absolute atomic E-state index is 0.508. The van der Waals surface area contributed by atoms with Gasteiger partial charge >= 0.3 is 0 Å². The van der Waals surface area contributed by atoms with Crippen LogP contribution in [0.5, 0.6) is 5.75 Å². The third kappa shape index (κ3) is 2.89. The highest BCUT2D eigenvalue weighted by molar-refractivity contribution is 9.10. The predicted octanol–water partition coefficient (Wildman–Crippen LogP) is 4.05. The van der Waals surface area contributed by atoms with Crippen LogP contribution < -0.4 is 10.1 Å². The summed E-state index contributed by atoms with van der Waals surface area (Å²) in [6.07, 6.45) is 6.56. The summed E-state index contributed by atoms with van der Waals surface area (Å²) in [7, 11) is 0. The first-order chi connectivity index (χ1) is 8.81. The van der Waals surface area contributed by atoms with Crippen LogP contribution in [0.2, 0.25) is 0 Å². The fraction of sp³-hybridized carbons (Fsp3) is 0.600. The molecule has 1 aromatic carbocycles. The third-order valence-corrected chi connectivity index (χ3v) is 4.52. The molecule has 3 heteroatoms. The average molecular weight is 310 g/mol. The van der Waals surface area contributed by atoms with Crippen LogP contribution in [0.25, 0.3) is 0 Å². The largest absolute Gasteiger partial charge is 0.493 e. The highest BCUT2D eigenvalue weighted by Crippen LogP contribution is 2.31. The maximum atomic E-state index is 5.93. The highest BCUT2D eigenvalue weighted by Gasteiger charge is 2.19. The molecule has 2 nitrogen and oxygen atoms in total. The number of rotatable bonds is 4. The molecule has 98 valence electrons. The molecule has 0 bridgehead atoms. The lowest BCUT2D eigenvalue weighted by molar-refractivity contribution is 0.180. The lowest BCUT2D eigenvalue weighted by atomic mass is 9.86. The van der Waals surface area contributed by atoms with E-state index >= 15 is 0 Å². The third-order valence-electron chi connectivity index (χ3n) is 4.07. The summed E-state index contributed by atoms with van der Waals surface area (Å²) in [6, 6.07) is 7.00. The summed E-state index contributed by atoms with van der Waals surface area (Å²) in [5.74, 6) is 1.80. The summed E-state index contributed by atoms with van der Waals surface area (Å²) in [6.45, 7) is 2.02. The molecule has 0 spiro atoms. The van der Waals surface area contributed by atoms with Gasteiger partial charge in [0.15, 0.2) is 0 Å². The van der Waals surface area contributed by atoms with Crippen LogP contribution in [0.4, 0.5) is 0 Å². The summed E-state index contributed by atoms with van der Waals surface area (Å²) in [5.41, 5.74) is 1.35. The van der Waals surface area contributed by atoms with Gasteiger partial charge in [-0.2, -0.15) is 0 Å². The minimum atomic E-state index is 0.508. The van der Waals surface area contributed by atoms with Gasteiger partial charge in [-0.25, -0.2) is 0 Å². The van der Waals surface area contributed by atoms with Gasteiger partial charge in [-0.05, 0) is 61.9 Å². The number of halogens is 1. The van der Waals surface area contributed by atoms with E-state index in [1.165, 1.54) is 37.7 Å². The van der Waals surface area contributed by atoms with Crippen molar-refractivity contribution >= 4 is 15.9 Å². The topological polar surface area (TPSA) is 21.3 Å². The fourth-order valence-corrected chi connectivity index (χ4v) is 3.20. The second kappa shape index (κ2) is 5.62. The van der Waals surface area contributed by atoms with Crippen molar-refractivity contribution in [2.24, 2.45) is 5.92 Å². The van der Waals surface area contributed by atoms with Crippen molar-refractivity contribution in [1.29, 1.82) is 0 Å². The van der Waals surface area contributed by atoms with Crippen molar-refractivity contribution in [2.45, 2.75) is 38.1 Å². The first-order valence-electron chi connectivity index (χ1n) is 6.98. The summed E-state index contributed by atoms with van der Waals surface area (Å²) < 4.78 is 7.06. The Morgan fingerprint density at radius 1 is 1.17 bits per heavy atom. The van der Waals surface area contributed by atoms with E-state index in [0.717, 1.165) is 29.3 Å². The van der Waals surface area contributed by atoms with Gasteiger partial charge in [-0.3, -0.25) is 0 Å². The number of hydrogen-bond donors (Lipinski definition) is 1. The molecular formula is C15H20BrNO. The van der Waals surface area contributed by atoms with Crippen molar-refractivity contribution in [3.05, 3.63) is 28.2 Å². The van der Waals surface area contributed by atoms with E-state index in [1.54, 1.807) is 0 Å². The molecule has 1 aliphatic carbocycles. The molecule has 1 saturated heterocycles. The molecule has 1 atom stereocenters. The lowest BCUT2D eigenvalue weighted by Crippen LogP contribution is -2.19. The number of benzene rings is 1. The number of ether oxygens (including phenoxy) is 1. The standard InChI is InChI=1S/C15H20BrNO/c16-13-7-12(15-5-2-6-17-15)8-14(9-13)18-10-11-3-1-4-11/h7-9,11,15,17H,1-6,10H2. The summed E-state index contributed by atoms with van der Waals surface area (Å²) >= 11 is 3.59. The van der Waals surface area contributed by atoms with E-state index in [9.17, 15) is 0 Å². The van der Waals surface area contributed by atoms with Crippen LogP contribution in [0.15, 0.2) is 22.7 Å². The van der Waals surface area contributed by atoms with Crippen LogP contribution in [-0.4, -0.2) is 13.2 Å². The Labute approximate surface area is 117 Å². The van der Waals surface area contributed by atoms with Crippen LogP contribution in [0.1, 0.15) is 43.7 Å². The van der Waals surface area contributed by atoms with Crippen molar-refractivity contribution < 1.29 is 4.74 Å². The molecule has 1 heterocycles. The molecule has 1 saturated carbocycles. The highest BCUT2D eigenvalue weighted by atomic mass is 79.9. The Morgan fingerprint density at radius 3 is 2.72 bits per heavy atom. The van der Waals surface area contributed by atoms with Crippen LogP contribution >= 0.6 is 15.9 Å².